The topological polar surface area (TPSA) is 53.0 Å². The molecule has 138 valence electrons. The third kappa shape index (κ3) is 3.35. The Morgan fingerprint density at radius 2 is 1.79 bits per heavy atom. The number of amides is 1. The van der Waals surface area contributed by atoms with Crippen LogP contribution in [-0.4, -0.2) is 71.8 Å². The van der Waals surface area contributed by atoms with Crippen LogP contribution in [0.1, 0.15) is 58.8 Å². The number of aliphatic hydroxyl groups excluding tert-OH is 1. The SMILES string of the molecule is CCO[C@@H]1C[C@@H](O)C12CCN(C(=O)[C@H](C)N1CCCCCC1)CC2. The Morgan fingerprint density at radius 1 is 1.17 bits per heavy atom. The zero-order chi connectivity index (χ0) is 17.2. The Bertz CT molecular complexity index is 424. The van der Waals surface area contributed by atoms with Crippen molar-refractivity contribution in [3.8, 4) is 0 Å². The number of hydrogen-bond acceptors (Lipinski definition) is 4. The molecule has 0 aromatic heterocycles. The monoisotopic (exact) mass is 338 g/mol. The number of ether oxygens (including phenoxy) is 1. The number of nitrogens with zero attached hydrogens (tertiary/aromatic N) is 2. The van der Waals surface area contributed by atoms with E-state index in [9.17, 15) is 9.90 Å². The van der Waals surface area contributed by atoms with Crippen LogP contribution in [-0.2, 0) is 9.53 Å². The highest BCUT2D eigenvalue weighted by atomic mass is 16.5. The van der Waals surface area contributed by atoms with Gasteiger partial charge >= 0.3 is 0 Å². The summed E-state index contributed by atoms with van der Waals surface area (Å²) < 4.78 is 5.82. The molecule has 3 aliphatic rings. The Morgan fingerprint density at radius 3 is 2.33 bits per heavy atom. The molecule has 0 aromatic carbocycles. The van der Waals surface area contributed by atoms with Crippen LogP contribution in [0.3, 0.4) is 0 Å². The van der Waals surface area contributed by atoms with E-state index in [1.807, 2.05) is 11.8 Å². The maximum absolute atomic E-state index is 12.9. The molecule has 1 aliphatic carbocycles. The Hall–Kier alpha value is -0.650. The van der Waals surface area contributed by atoms with Crippen LogP contribution in [0.5, 0.6) is 0 Å². The van der Waals surface area contributed by atoms with Gasteiger partial charge < -0.3 is 14.7 Å². The van der Waals surface area contributed by atoms with Gasteiger partial charge in [0.15, 0.2) is 0 Å². The Balaban J connectivity index is 1.55. The molecule has 0 bridgehead atoms. The Labute approximate surface area is 146 Å². The number of carbonyl (C=O) groups is 1. The van der Waals surface area contributed by atoms with E-state index in [0.29, 0.717) is 6.61 Å². The molecule has 0 aromatic rings. The summed E-state index contributed by atoms with van der Waals surface area (Å²) in [5.74, 6) is 0.272. The van der Waals surface area contributed by atoms with Gasteiger partial charge in [0.05, 0.1) is 18.2 Å². The molecule has 3 atom stereocenters. The molecule has 1 spiro atoms. The summed E-state index contributed by atoms with van der Waals surface area (Å²) >= 11 is 0. The van der Waals surface area contributed by atoms with Gasteiger partial charge in [-0.25, -0.2) is 0 Å². The van der Waals surface area contributed by atoms with Gasteiger partial charge in [-0.3, -0.25) is 9.69 Å². The van der Waals surface area contributed by atoms with Crippen molar-refractivity contribution in [3.05, 3.63) is 0 Å². The van der Waals surface area contributed by atoms with Crippen LogP contribution in [0.2, 0.25) is 0 Å². The van der Waals surface area contributed by atoms with Crippen molar-refractivity contribution in [3.63, 3.8) is 0 Å². The number of piperidine rings is 1. The molecule has 2 aliphatic heterocycles. The number of aliphatic hydroxyl groups is 1. The number of hydrogen-bond donors (Lipinski definition) is 1. The normalized spacial score (nSPS) is 32.2. The van der Waals surface area contributed by atoms with Crippen LogP contribution in [0.25, 0.3) is 0 Å². The first kappa shape index (κ1) is 18.2. The maximum atomic E-state index is 12.9. The summed E-state index contributed by atoms with van der Waals surface area (Å²) in [4.78, 5) is 17.3. The van der Waals surface area contributed by atoms with Gasteiger partial charge in [0, 0.05) is 31.5 Å². The predicted molar refractivity (Wildman–Crippen MR) is 93.8 cm³/mol. The summed E-state index contributed by atoms with van der Waals surface area (Å²) in [6.07, 6.45) is 7.43. The molecule has 3 fully saturated rings. The third-order valence-corrected chi connectivity index (χ3v) is 6.66. The lowest BCUT2D eigenvalue weighted by Crippen LogP contribution is -2.63. The van der Waals surface area contributed by atoms with Gasteiger partial charge in [0.1, 0.15) is 0 Å². The lowest BCUT2D eigenvalue weighted by atomic mass is 9.58. The van der Waals surface area contributed by atoms with Crippen molar-refractivity contribution in [1.82, 2.24) is 9.80 Å². The minimum Gasteiger partial charge on any atom is -0.392 e. The highest BCUT2D eigenvalue weighted by Gasteiger charge is 2.56. The van der Waals surface area contributed by atoms with Gasteiger partial charge in [0.25, 0.3) is 0 Å². The van der Waals surface area contributed by atoms with Crippen molar-refractivity contribution < 1.29 is 14.6 Å². The first-order valence-electron chi connectivity index (χ1n) is 9.91. The number of carbonyl (C=O) groups excluding carboxylic acids is 1. The third-order valence-electron chi connectivity index (χ3n) is 6.66. The van der Waals surface area contributed by atoms with E-state index < -0.39 is 0 Å². The van der Waals surface area contributed by atoms with Crippen LogP contribution in [0.15, 0.2) is 0 Å². The lowest BCUT2D eigenvalue weighted by Gasteiger charge is -2.56. The van der Waals surface area contributed by atoms with E-state index in [1.54, 1.807) is 0 Å². The largest absolute Gasteiger partial charge is 0.392 e. The molecule has 1 saturated carbocycles. The molecular weight excluding hydrogens is 304 g/mol. The molecule has 5 nitrogen and oxygen atoms in total. The first-order chi connectivity index (χ1) is 11.6. The minimum absolute atomic E-state index is 0.00819. The molecule has 5 heteroatoms. The zero-order valence-corrected chi connectivity index (χ0v) is 15.4. The van der Waals surface area contributed by atoms with E-state index >= 15 is 0 Å². The number of rotatable bonds is 4. The number of likely N-dealkylation sites (tertiary alicyclic amines) is 2. The van der Waals surface area contributed by atoms with Gasteiger partial charge in [-0.2, -0.15) is 0 Å². The van der Waals surface area contributed by atoms with Crippen molar-refractivity contribution in [2.24, 2.45) is 5.41 Å². The van der Waals surface area contributed by atoms with E-state index in [1.165, 1.54) is 25.7 Å². The smallest absolute Gasteiger partial charge is 0.239 e. The molecule has 0 radical (unpaired) electrons. The highest BCUT2D eigenvalue weighted by molar-refractivity contribution is 5.81. The molecule has 1 N–H and O–H groups in total. The molecule has 0 unspecified atom stereocenters. The van der Waals surface area contributed by atoms with Gasteiger partial charge in [-0.15, -0.1) is 0 Å². The van der Waals surface area contributed by atoms with Crippen molar-refractivity contribution in [2.45, 2.75) is 77.0 Å². The van der Waals surface area contributed by atoms with Crippen molar-refractivity contribution in [1.29, 1.82) is 0 Å². The first-order valence-corrected chi connectivity index (χ1v) is 9.91. The second kappa shape index (κ2) is 7.71. The van der Waals surface area contributed by atoms with Crippen LogP contribution in [0.4, 0.5) is 0 Å². The molecule has 3 rings (SSSR count). The molecule has 2 heterocycles. The molecule has 24 heavy (non-hydrogen) atoms. The minimum atomic E-state index is -0.255. The van der Waals surface area contributed by atoms with E-state index in [0.717, 1.165) is 45.4 Å². The fourth-order valence-corrected chi connectivity index (χ4v) is 4.86. The van der Waals surface area contributed by atoms with E-state index in [-0.39, 0.29) is 29.6 Å². The second-order valence-corrected chi connectivity index (χ2v) is 7.88. The Kier molecular flexibility index (Phi) is 5.83. The average Bonchev–Trinajstić information content (AvgIpc) is 2.90. The fraction of sp³-hybridized carbons (Fsp3) is 0.947. The summed E-state index contributed by atoms with van der Waals surface area (Å²) in [6, 6.07) is -0.00819. The molecule has 2 saturated heterocycles. The quantitative estimate of drug-likeness (QED) is 0.852. The predicted octanol–water partition coefficient (Wildman–Crippen LogP) is 2.03. The standard InChI is InChI=1S/C19H34N2O3/c1-3-24-17-14-16(22)19(17)8-12-21(13-9-19)18(23)15(2)20-10-6-4-5-7-11-20/h15-17,22H,3-14H2,1-2H3/t15-,16+,17+/m0/s1. The van der Waals surface area contributed by atoms with E-state index in [4.69, 9.17) is 4.74 Å². The summed E-state index contributed by atoms with van der Waals surface area (Å²) in [5.41, 5.74) is -0.0986. The summed E-state index contributed by atoms with van der Waals surface area (Å²) in [6.45, 7) is 8.41. The van der Waals surface area contributed by atoms with Crippen molar-refractivity contribution >= 4 is 5.91 Å². The second-order valence-electron chi connectivity index (χ2n) is 7.88. The van der Waals surface area contributed by atoms with Gasteiger partial charge in [0.2, 0.25) is 5.91 Å². The molecule has 1 amide bonds. The van der Waals surface area contributed by atoms with Gasteiger partial charge in [-0.1, -0.05) is 12.8 Å². The highest BCUT2D eigenvalue weighted by Crippen LogP contribution is 2.51. The van der Waals surface area contributed by atoms with Crippen LogP contribution < -0.4 is 0 Å². The molecular formula is C19H34N2O3. The van der Waals surface area contributed by atoms with Crippen LogP contribution in [0, 0.1) is 5.41 Å². The van der Waals surface area contributed by atoms with Gasteiger partial charge in [-0.05, 0) is 52.6 Å². The maximum Gasteiger partial charge on any atom is 0.239 e. The lowest BCUT2D eigenvalue weighted by molar-refractivity contribution is -0.210. The van der Waals surface area contributed by atoms with E-state index in [2.05, 4.69) is 11.8 Å². The summed E-state index contributed by atoms with van der Waals surface area (Å²) in [5, 5.41) is 10.3. The summed E-state index contributed by atoms with van der Waals surface area (Å²) in [7, 11) is 0. The zero-order valence-electron chi connectivity index (χ0n) is 15.4. The average molecular weight is 338 g/mol. The van der Waals surface area contributed by atoms with Crippen molar-refractivity contribution in [2.75, 3.05) is 32.8 Å². The fourth-order valence-electron chi connectivity index (χ4n) is 4.86. The van der Waals surface area contributed by atoms with Crippen LogP contribution >= 0.6 is 0 Å².